The number of carbonyl (C=O) groups excluding carboxylic acids is 1. The molecule has 1 saturated heterocycles. The van der Waals surface area contributed by atoms with Crippen LogP contribution in [0.2, 0.25) is 0 Å². The van der Waals surface area contributed by atoms with Crippen LogP contribution in [-0.2, 0) is 14.3 Å². The SMILES string of the molecule is CCCNC(C)(CCN1CCOC(CC)C1)C(=O)OC. The second kappa shape index (κ2) is 8.60. The van der Waals surface area contributed by atoms with E-state index in [9.17, 15) is 4.79 Å². The Morgan fingerprint density at radius 3 is 2.85 bits per heavy atom. The summed E-state index contributed by atoms with van der Waals surface area (Å²) in [5.74, 6) is -0.175. The summed E-state index contributed by atoms with van der Waals surface area (Å²) >= 11 is 0. The average molecular weight is 286 g/mol. The van der Waals surface area contributed by atoms with Gasteiger partial charge in [-0.3, -0.25) is 9.69 Å². The van der Waals surface area contributed by atoms with Gasteiger partial charge in [-0.15, -0.1) is 0 Å². The first-order valence-electron chi connectivity index (χ1n) is 7.73. The quantitative estimate of drug-likeness (QED) is 0.684. The molecule has 0 radical (unpaired) electrons. The number of rotatable bonds is 8. The summed E-state index contributed by atoms with van der Waals surface area (Å²) < 4.78 is 10.6. The van der Waals surface area contributed by atoms with E-state index in [4.69, 9.17) is 9.47 Å². The minimum absolute atomic E-state index is 0.175. The molecule has 0 spiro atoms. The van der Waals surface area contributed by atoms with E-state index in [2.05, 4.69) is 24.1 Å². The lowest BCUT2D eigenvalue weighted by molar-refractivity contribution is -0.148. The minimum atomic E-state index is -0.592. The standard InChI is InChI=1S/C15H30N2O3/c1-5-8-16-15(3,14(18)19-4)7-9-17-10-11-20-13(6-2)12-17/h13,16H,5-12H2,1-4H3. The molecule has 0 aromatic heterocycles. The first kappa shape index (κ1) is 17.4. The second-order valence-corrected chi connectivity index (χ2v) is 5.70. The zero-order valence-corrected chi connectivity index (χ0v) is 13.4. The van der Waals surface area contributed by atoms with E-state index in [-0.39, 0.29) is 5.97 Å². The van der Waals surface area contributed by atoms with E-state index in [0.29, 0.717) is 6.10 Å². The van der Waals surface area contributed by atoms with Gasteiger partial charge in [-0.25, -0.2) is 0 Å². The zero-order chi connectivity index (χ0) is 15.0. The van der Waals surface area contributed by atoms with Crippen LogP contribution in [0.4, 0.5) is 0 Å². The summed E-state index contributed by atoms with van der Waals surface area (Å²) in [5, 5.41) is 3.33. The first-order valence-corrected chi connectivity index (χ1v) is 7.73. The average Bonchev–Trinajstić information content (AvgIpc) is 2.50. The lowest BCUT2D eigenvalue weighted by atomic mass is 9.97. The van der Waals surface area contributed by atoms with Crippen LogP contribution in [0, 0.1) is 0 Å². The summed E-state index contributed by atoms with van der Waals surface area (Å²) in [6, 6.07) is 0. The number of hydrogen-bond donors (Lipinski definition) is 1. The zero-order valence-electron chi connectivity index (χ0n) is 13.4. The number of nitrogens with zero attached hydrogens (tertiary/aromatic N) is 1. The number of nitrogens with one attached hydrogen (secondary N) is 1. The number of ether oxygens (including phenoxy) is 2. The Hall–Kier alpha value is -0.650. The maximum Gasteiger partial charge on any atom is 0.325 e. The summed E-state index contributed by atoms with van der Waals surface area (Å²) in [6.07, 6.45) is 3.13. The molecule has 0 aromatic rings. The van der Waals surface area contributed by atoms with Gasteiger partial charge in [0.1, 0.15) is 5.54 Å². The summed E-state index contributed by atoms with van der Waals surface area (Å²) in [7, 11) is 1.45. The Morgan fingerprint density at radius 2 is 2.25 bits per heavy atom. The third-order valence-corrected chi connectivity index (χ3v) is 4.01. The summed E-state index contributed by atoms with van der Waals surface area (Å²) in [4.78, 5) is 14.4. The van der Waals surface area contributed by atoms with Gasteiger partial charge in [-0.2, -0.15) is 0 Å². The fourth-order valence-electron chi connectivity index (χ4n) is 2.50. The predicted octanol–water partition coefficient (Wildman–Crippen LogP) is 1.42. The van der Waals surface area contributed by atoms with E-state index in [1.807, 2.05) is 6.92 Å². The molecule has 0 aromatic carbocycles. The Bertz CT molecular complexity index is 299. The van der Waals surface area contributed by atoms with E-state index in [1.54, 1.807) is 0 Å². The molecule has 118 valence electrons. The van der Waals surface area contributed by atoms with Gasteiger partial charge in [-0.1, -0.05) is 13.8 Å². The van der Waals surface area contributed by atoms with Crippen molar-refractivity contribution in [3.8, 4) is 0 Å². The van der Waals surface area contributed by atoms with Crippen molar-refractivity contribution in [2.75, 3.05) is 39.9 Å². The monoisotopic (exact) mass is 286 g/mol. The Balaban J connectivity index is 2.50. The number of esters is 1. The molecule has 1 heterocycles. The first-order chi connectivity index (χ1) is 9.55. The van der Waals surface area contributed by atoms with Crippen LogP contribution in [0.1, 0.15) is 40.0 Å². The Labute approximate surface area is 123 Å². The van der Waals surface area contributed by atoms with Crippen LogP contribution in [0.25, 0.3) is 0 Å². The minimum Gasteiger partial charge on any atom is -0.468 e. The molecule has 0 amide bonds. The number of morpholine rings is 1. The van der Waals surface area contributed by atoms with Crippen LogP contribution in [0.3, 0.4) is 0 Å². The summed E-state index contributed by atoms with van der Waals surface area (Å²) in [6.45, 7) is 10.6. The molecule has 1 N–H and O–H groups in total. The van der Waals surface area contributed by atoms with Crippen molar-refractivity contribution in [3.05, 3.63) is 0 Å². The van der Waals surface area contributed by atoms with Gasteiger partial charge < -0.3 is 14.8 Å². The van der Waals surface area contributed by atoms with Crippen LogP contribution >= 0.6 is 0 Å². The lowest BCUT2D eigenvalue weighted by Crippen LogP contribution is -2.53. The Kier molecular flexibility index (Phi) is 7.48. The van der Waals surface area contributed by atoms with Gasteiger partial charge in [0.25, 0.3) is 0 Å². The van der Waals surface area contributed by atoms with E-state index in [0.717, 1.165) is 52.0 Å². The molecule has 1 fully saturated rings. The molecule has 0 bridgehead atoms. The molecular formula is C15H30N2O3. The van der Waals surface area contributed by atoms with Crippen LogP contribution < -0.4 is 5.32 Å². The van der Waals surface area contributed by atoms with Crippen LogP contribution in [0.5, 0.6) is 0 Å². The van der Waals surface area contributed by atoms with Crippen molar-refractivity contribution in [1.82, 2.24) is 10.2 Å². The van der Waals surface area contributed by atoms with Gasteiger partial charge in [-0.05, 0) is 32.7 Å². The highest BCUT2D eigenvalue weighted by Crippen LogP contribution is 2.15. The molecule has 20 heavy (non-hydrogen) atoms. The lowest BCUT2D eigenvalue weighted by Gasteiger charge is -2.35. The van der Waals surface area contributed by atoms with Gasteiger partial charge in [0.15, 0.2) is 0 Å². The molecular weight excluding hydrogens is 256 g/mol. The van der Waals surface area contributed by atoms with Crippen molar-refractivity contribution >= 4 is 5.97 Å². The van der Waals surface area contributed by atoms with Gasteiger partial charge in [0.05, 0.1) is 19.8 Å². The van der Waals surface area contributed by atoms with Crippen molar-refractivity contribution in [2.24, 2.45) is 0 Å². The molecule has 1 aliphatic heterocycles. The highest BCUT2D eigenvalue weighted by atomic mass is 16.5. The van der Waals surface area contributed by atoms with Crippen molar-refractivity contribution in [1.29, 1.82) is 0 Å². The van der Waals surface area contributed by atoms with E-state index < -0.39 is 5.54 Å². The van der Waals surface area contributed by atoms with Crippen LogP contribution in [0.15, 0.2) is 0 Å². The molecule has 0 saturated carbocycles. The molecule has 0 aliphatic carbocycles. The highest BCUT2D eigenvalue weighted by molar-refractivity contribution is 5.80. The Morgan fingerprint density at radius 1 is 1.50 bits per heavy atom. The third-order valence-electron chi connectivity index (χ3n) is 4.01. The normalized spacial score (nSPS) is 23.3. The third kappa shape index (κ3) is 5.04. The largest absolute Gasteiger partial charge is 0.468 e. The van der Waals surface area contributed by atoms with Crippen LogP contribution in [-0.4, -0.2) is 62.4 Å². The molecule has 2 atom stereocenters. The molecule has 1 aliphatic rings. The van der Waals surface area contributed by atoms with Crippen molar-refractivity contribution < 1.29 is 14.3 Å². The number of carbonyl (C=O) groups is 1. The van der Waals surface area contributed by atoms with Gasteiger partial charge >= 0.3 is 5.97 Å². The van der Waals surface area contributed by atoms with E-state index >= 15 is 0 Å². The fourth-order valence-corrected chi connectivity index (χ4v) is 2.50. The second-order valence-electron chi connectivity index (χ2n) is 5.70. The van der Waals surface area contributed by atoms with Crippen molar-refractivity contribution in [3.63, 3.8) is 0 Å². The topological polar surface area (TPSA) is 50.8 Å². The maximum atomic E-state index is 12.0. The van der Waals surface area contributed by atoms with E-state index in [1.165, 1.54) is 7.11 Å². The smallest absolute Gasteiger partial charge is 0.325 e. The predicted molar refractivity (Wildman–Crippen MR) is 79.8 cm³/mol. The molecule has 2 unspecified atom stereocenters. The molecule has 1 rings (SSSR count). The van der Waals surface area contributed by atoms with Gasteiger partial charge in [0.2, 0.25) is 0 Å². The van der Waals surface area contributed by atoms with Crippen molar-refractivity contribution in [2.45, 2.75) is 51.7 Å². The fraction of sp³-hybridized carbons (Fsp3) is 0.933. The highest BCUT2D eigenvalue weighted by Gasteiger charge is 2.34. The summed E-state index contributed by atoms with van der Waals surface area (Å²) in [5.41, 5.74) is -0.592. The number of hydrogen-bond acceptors (Lipinski definition) is 5. The molecule has 5 heteroatoms. The maximum absolute atomic E-state index is 12.0. The van der Waals surface area contributed by atoms with Gasteiger partial charge in [0, 0.05) is 19.6 Å². The number of methoxy groups -OCH3 is 1. The molecule has 5 nitrogen and oxygen atoms in total.